The Morgan fingerprint density at radius 1 is 1.10 bits per heavy atom. The van der Waals surface area contributed by atoms with Crippen LogP contribution >= 0.6 is 0 Å². The number of anilines is 1. The minimum atomic E-state index is -0.775. The number of aromatic nitrogens is 2. The smallest absolute Gasteiger partial charge is 0.266 e. The van der Waals surface area contributed by atoms with Crippen LogP contribution in [0.2, 0.25) is 0 Å². The molecule has 2 aromatic carbocycles. The SMILES string of the molecule is CCc1ccc(CC)c(-c2nonc2NC(=O)C(C)Oc2ccccc2OC)c1. The second-order valence-corrected chi connectivity index (χ2v) is 6.56. The number of aryl methyl sites for hydroxylation is 2. The molecule has 7 heteroatoms. The zero-order chi connectivity index (χ0) is 20.8. The summed E-state index contributed by atoms with van der Waals surface area (Å²) in [6.45, 7) is 5.81. The first-order chi connectivity index (χ1) is 14.1. The maximum absolute atomic E-state index is 12.7. The normalized spacial score (nSPS) is 11.7. The van der Waals surface area contributed by atoms with Crippen LogP contribution in [0.4, 0.5) is 5.82 Å². The van der Waals surface area contributed by atoms with E-state index in [2.05, 4.69) is 47.7 Å². The van der Waals surface area contributed by atoms with Crippen molar-refractivity contribution < 1.29 is 18.9 Å². The lowest BCUT2D eigenvalue weighted by Crippen LogP contribution is -2.30. The summed E-state index contributed by atoms with van der Waals surface area (Å²) in [5.41, 5.74) is 3.69. The van der Waals surface area contributed by atoms with Gasteiger partial charge in [-0.25, -0.2) is 4.63 Å². The predicted molar refractivity (Wildman–Crippen MR) is 110 cm³/mol. The van der Waals surface area contributed by atoms with Gasteiger partial charge >= 0.3 is 0 Å². The second kappa shape index (κ2) is 9.23. The summed E-state index contributed by atoms with van der Waals surface area (Å²) in [6.07, 6.45) is 0.948. The summed E-state index contributed by atoms with van der Waals surface area (Å²) < 4.78 is 16.0. The van der Waals surface area contributed by atoms with Gasteiger partial charge in [0.15, 0.2) is 23.3 Å². The van der Waals surface area contributed by atoms with Gasteiger partial charge in [0.05, 0.1) is 7.11 Å². The van der Waals surface area contributed by atoms with Gasteiger partial charge < -0.3 is 14.8 Å². The molecule has 1 heterocycles. The molecule has 1 N–H and O–H groups in total. The van der Waals surface area contributed by atoms with Crippen LogP contribution in [-0.2, 0) is 17.6 Å². The quantitative estimate of drug-likeness (QED) is 0.613. The Bertz CT molecular complexity index is 984. The van der Waals surface area contributed by atoms with Crippen molar-refractivity contribution in [3.63, 3.8) is 0 Å². The average molecular weight is 395 g/mol. The number of methoxy groups -OCH3 is 1. The molecular weight excluding hydrogens is 370 g/mol. The van der Waals surface area contributed by atoms with Crippen LogP contribution in [0.5, 0.6) is 11.5 Å². The Kier molecular flexibility index (Phi) is 6.49. The van der Waals surface area contributed by atoms with E-state index < -0.39 is 6.10 Å². The number of carbonyl (C=O) groups excluding carboxylic acids is 1. The molecule has 3 aromatic rings. The topological polar surface area (TPSA) is 86.5 Å². The summed E-state index contributed by atoms with van der Waals surface area (Å²) in [4.78, 5) is 12.7. The Morgan fingerprint density at radius 3 is 2.55 bits per heavy atom. The number of carbonyl (C=O) groups is 1. The van der Waals surface area contributed by atoms with Gasteiger partial charge in [-0.3, -0.25) is 4.79 Å². The van der Waals surface area contributed by atoms with Crippen molar-refractivity contribution in [3.8, 4) is 22.8 Å². The van der Waals surface area contributed by atoms with Gasteiger partial charge in [0.1, 0.15) is 0 Å². The maximum atomic E-state index is 12.7. The van der Waals surface area contributed by atoms with Crippen molar-refractivity contribution in [2.75, 3.05) is 12.4 Å². The van der Waals surface area contributed by atoms with Gasteiger partial charge in [-0.2, -0.15) is 0 Å². The van der Waals surface area contributed by atoms with Crippen molar-refractivity contribution in [3.05, 3.63) is 53.6 Å². The van der Waals surface area contributed by atoms with Crippen LogP contribution in [0.1, 0.15) is 31.9 Å². The highest BCUT2D eigenvalue weighted by molar-refractivity contribution is 5.96. The van der Waals surface area contributed by atoms with E-state index in [0.29, 0.717) is 17.2 Å². The molecule has 1 amide bonds. The van der Waals surface area contributed by atoms with Crippen LogP contribution in [0.3, 0.4) is 0 Å². The number of nitrogens with one attached hydrogen (secondary N) is 1. The van der Waals surface area contributed by atoms with Gasteiger partial charge in [0.25, 0.3) is 5.91 Å². The van der Waals surface area contributed by atoms with E-state index in [4.69, 9.17) is 14.1 Å². The van der Waals surface area contributed by atoms with Crippen molar-refractivity contribution in [1.29, 1.82) is 0 Å². The molecule has 1 unspecified atom stereocenters. The Hall–Kier alpha value is -3.35. The first-order valence-corrected chi connectivity index (χ1v) is 9.62. The largest absolute Gasteiger partial charge is 0.493 e. The second-order valence-electron chi connectivity index (χ2n) is 6.56. The lowest BCUT2D eigenvalue weighted by molar-refractivity contribution is -0.122. The van der Waals surface area contributed by atoms with E-state index in [0.717, 1.165) is 24.0 Å². The summed E-state index contributed by atoms with van der Waals surface area (Å²) >= 11 is 0. The van der Waals surface area contributed by atoms with Gasteiger partial charge in [-0.1, -0.05) is 38.1 Å². The van der Waals surface area contributed by atoms with Crippen molar-refractivity contribution in [2.24, 2.45) is 0 Å². The predicted octanol–water partition coefficient (Wildman–Crippen LogP) is 4.28. The van der Waals surface area contributed by atoms with E-state index in [1.807, 2.05) is 12.1 Å². The molecule has 7 nitrogen and oxygen atoms in total. The number of hydrogen-bond donors (Lipinski definition) is 1. The van der Waals surface area contributed by atoms with Crippen LogP contribution in [-0.4, -0.2) is 29.4 Å². The molecule has 0 aliphatic carbocycles. The minimum Gasteiger partial charge on any atom is -0.493 e. The zero-order valence-corrected chi connectivity index (χ0v) is 17.1. The van der Waals surface area contributed by atoms with E-state index in [1.165, 1.54) is 5.56 Å². The first kappa shape index (κ1) is 20.4. The number of hydrogen-bond acceptors (Lipinski definition) is 6. The average Bonchev–Trinajstić information content (AvgIpc) is 3.21. The third-order valence-corrected chi connectivity index (χ3v) is 4.69. The fourth-order valence-electron chi connectivity index (χ4n) is 3.00. The summed E-state index contributed by atoms with van der Waals surface area (Å²) in [5.74, 6) is 0.950. The Balaban J connectivity index is 1.80. The standard InChI is InChI=1S/C22H25N3O4/c1-5-15-11-12-16(6-2)17(13-15)20-21(25-29-24-20)23-22(26)14(3)28-19-10-8-7-9-18(19)27-4/h7-14H,5-6H2,1-4H3,(H,23,25,26). The summed E-state index contributed by atoms with van der Waals surface area (Å²) in [5, 5.41) is 10.7. The fourth-order valence-corrected chi connectivity index (χ4v) is 3.00. The lowest BCUT2D eigenvalue weighted by Gasteiger charge is -2.16. The molecular formula is C22H25N3O4. The number of nitrogens with zero attached hydrogens (tertiary/aromatic N) is 2. The Labute approximate surface area is 170 Å². The third kappa shape index (κ3) is 4.56. The van der Waals surface area contributed by atoms with Gasteiger partial charge in [-0.15, -0.1) is 0 Å². The van der Waals surface area contributed by atoms with Crippen molar-refractivity contribution in [1.82, 2.24) is 10.3 Å². The zero-order valence-electron chi connectivity index (χ0n) is 17.1. The van der Waals surface area contributed by atoms with Crippen LogP contribution in [0, 0.1) is 0 Å². The highest BCUT2D eigenvalue weighted by atomic mass is 16.6. The number of benzene rings is 2. The highest BCUT2D eigenvalue weighted by Crippen LogP contribution is 2.30. The monoisotopic (exact) mass is 395 g/mol. The van der Waals surface area contributed by atoms with E-state index in [9.17, 15) is 4.79 Å². The van der Waals surface area contributed by atoms with Gasteiger partial charge in [0, 0.05) is 5.56 Å². The number of amides is 1. The molecule has 0 aliphatic rings. The van der Waals surface area contributed by atoms with E-state index in [-0.39, 0.29) is 11.7 Å². The van der Waals surface area contributed by atoms with E-state index >= 15 is 0 Å². The molecule has 3 rings (SSSR count). The Morgan fingerprint density at radius 2 is 1.86 bits per heavy atom. The molecule has 0 saturated heterocycles. The molecule has 0 aliphatic heterocycles. The van der Waals surface area contributed by atoms with Crippen LogP contribution in [0.25, 0.3) is 11.3 Å². The number of rotatable bonds is 8. The van der Waals surface area contributed by atoms with Gasteiger partial charge in [0.2, 0.25) is 5.82 Å². The lowest BCUT2D eigenvalue weighted by atomic mass is 9.98. The molecule has 0 radical (unpaired) electrons. The molecule has 0 fully saturated rings. The van der Waals surface area contributed by atoms with Gasteiger partial charge in [-0.05, 0) is 59.4 Å². The molecule has 0 saturated carbocycles. The summed E-state index contributed by atoms with van der Waals surface area (Å²) in [6, 6.07) is 13.4. The first-order valence-electron chi connectivity index (χ1n) is 9.62. The van der Waals surface area contributed by atoms with E-state index in [1.54, 1.807) is 26.2 Å². The third-order valence-electron chi connectivity index (χ3n) is 4.69. The molecule has 1 aromatic heterocycles. The molecule has 29 heavy (non-hydrogen) atoms. The summed E-state index contributed by atoms with van der Waals surface area (Å²) in [7, 11) is 1.55. The fraction of sp³-hybridized carbons (Fsp3) is 0.318. The van der Waals surface area contributed by atoms with Crippen LogP contribution in [0.15, 0.2) is 47.1 Å². The number of para-hydroxylation sites is 2. The molecule has 152 valence electrons. The molecule has 0 spiro atoms. The van der Waals surface area contributed by atoms with Crippen molar-refractivity contribution >= 4 is 11.7 Å². The van der Waals surface area contributed by atoms with Crippen molar-refractivity contribution in [2.45, 2.75) is 39.7 Å². The minimum absolute atomic E-state index is 0.272. The highest BCUT2D eigenvalue weighted by Gasteiger charge is 2.22. The van der Waals surface area contributed by atoms with Crippen LogP contribution < -0.4 is 14.8 Å². The molecule has 0 bridgehead atoms. The maximum Gasteiger partial charge on any atom is 0.266 e. The number of ether oxygens (including phenoxy) is 2. The molecule has 1 atom stereocenters.